The summed E-state index contributed by atoms with van der Waals surface area (Å²) in [6.45, 7) is 1.30. The van der Waals surface area contributed by atoms with Crippen LogP contribution < -0.4 is 11.2 Å². The molecule has 0 saturated carbocycles. The Labute approximate surface area is 152 Å². The molecule has 4 heterocycles. The highest BCUT2D eigenvalue weighted by molar-refractivity contribution is 7.12. The van der Waals surface area contributed by atoms with Crippen molar-refractivity contribution in [3.63, 3.8) is 0 Å². The highest BCUT2D eigenvalue weighted by Gasteiger charge is 2.27. The minimum Gasteiger partial charge on any atom is -0.338 e. The largest absolute Gasteiger partial charge is 0.338 e. The van der Waals surface area contributed by atoms with E-state index in [1.54, 1.807) is 7.05 Å². The Bertz CT molecular complexity index is 1080. The van der Waals surface area contributed by atoms with Crippen LogP contribution in [0.1, 0.15) is 34.3 Å². The summed E-state index contributed by atoms with van der Waals surface area (Å²) < 4.78 is 2.46. The number of rotatable bonds is 2. The summed E-state index contributed by atoms with van der Waals surface area (Å²) in [6, 6.07) is 3.72. The van der Waals surface area contributed by atoms with Gasteiger partial charge in [-0.3, -0.25) is 18.7 Å². The number of aromatic amines is 1. The number of nitrogens with one attached hydrogen (secondary N) is 1. The predicted molar refractivity (Wildman–Crippen MR) is 98.8 cm³/mol. The van der Waals surface area contributed by atoms with Gasteiger partial charge in [-0.05, 0) is 24.3 Å². The van der Waals surface area contributed by atoms with Gasteiger partial charge in [0.25, 0.3) is 11.5 Å². The van der Waals surface area contributed by atoms with Crippen molar-refractivity contribution < 1.29 is 4.79 Å². The maximum Gasteiger partial charge on any atom is 0.332 e. The van der Waals surface area contributed by atoms with Crippen LogP contribution in [0, 0.1) is 0 Å². The topological polar surface area (TPSA) is 93.0 Å². The first-order valence-electron chi connectivity index (χ1n) is 8.45. The van der Waals surface area contributed by atoms with Gasteiger partial charge in [0.2, 0.25) is 0 Å². The van der Waals surface area contributed by atoms with Crippen molar-refractivity contribution in [2.45, 2.75) is 18.8 Å². The molecule has 136 valence electrons. The van der Waals surface area contributed by atoms with Crippen molar-refractivity contribution in [2.75, 3.05) is 13.1 Å². The number of amides is 1. The summed E-state index contributed by atoms with van der Waals surface area (Å²) in [5.41, 5.74) is -0.0315. The second kappa shape index (κ2) is 6.24. The van der Waals surface area contributed by atoms with Gasteiger partial charge in [-0.2, -0.15) is 0 Å². The Balaban J connectivity index is 1.58. The number of hydrogen-bond donors (Lipinski definition) is 1. The number of hydrogen-bond acceptors (Lipinski definition) is 5. The molecule has 8 nitrogen and oxygen atoms in total. The number of carbonyl (C=O) groups is 1. The number of piperidine rings is 1. The monoisotopic (exact) mass is 373 g/mol. The summed E-state index contributed by atoms with van der Waals surface area (Å²) in [7, 11) is 3.07. The SMILES string of the molecule is Cn1c(=O)c2[nH]c(C3CCN(C(=O)c4cccs4)CC3)nc2n(C)c1=O. The Morgan fingerprint density at radius 2 is 1.96 bits per heavy atom. The van der Waals surface area contributed by atoms with E-state index in [0.717, 1.165) is 22.3 Å². The molecule has 1 aliphatic rings. The molecule has 1 saturated heterocycles. The minimum atomic E-state index is -0.392. The molecule has 1 aliphatic heterocycles. The van der Waals surface area contributed by atoms with Gasteiger partial charge in [-0.15, -0.1) is 11.3 Å². The van der Waals surface area contributed by atoms with E-state index in [2.05, 4.69) is 9.97 Å². The molecule has 4 rings (SSSR count). The van der Waals surface area contributed by atoms with E-state index in [0.29, 0.717) is 30.1 Å². The van der Waals surface area contributed by atoms with Crippen molar-refractivity contribution in [3.05, 3.63) is 49.1 Å². The number of thiophene rings is 1. The molecule has 3 aromatic heterocycles. The molecule has 0 aromatic carbocycles. The van der Waals surface area contributed by atoms with Gasteiger partial charge < -0.3 is 9.88 Å². The average Bonchev–Trinajstić information content (AvgIpc) is 3.34. The molecule has 3 aromatic rings. The third-order valence-corrected chi connectivity index (χ3v) is 5.87. The molecule has 0 atom stereocenters. The highest BCUT2D eigenvalue weighted by atomic mass is 32.1. The normalized spacial score (nSPS) is 15.7. The second-order valence-electron chi connectivity index (χ2n) is 6.57. The molecular weight excluding hydrogens is 354 g/mol. The molecule has 1 fully saturated rings. The smallest absolute Gasteiger partial charge is 0.332 e. The van der Waals surface area contributed by atoms with Crippen LogP contribution in [0.4, 0.5) is 0 Å². The summed E-state index contributed by atoms with van der Waals surface area (Å²) in [4.78, 5) is 47.0. The standard InChI is InChI=1S/C17H19N5O3S/c1-20-14-12(16(24)21(2)17(20)25)18-13(19-14)10-5-7-22(8-6-10)15(23)11-4-3-9-26-11/h3-4,9-10H,5-8H2,1-2H3,(H,18,19). The number of carbonyl (C=O) groups excluding carboxylic acids is 1. The molecule has 0 spiro atoms. The van der Waals surface area contributed by atoms with E-state index in [1.165, 1.54) is 23.0 Å². The second-order valence-corrected chi connectivity index (χ2v) is 7.52. The van der Waals surface area contributed by atoms with Crippen LogP contribution in [0.2, 0.25) is 0 Å². The first kappa shape index (κ1) is 16.8. The minimum absolute atomic E-state index is 0.0688. The van der Waals surface area contributed by atoms with Crippen molar-refractivity contribution in [1.29, 1.82) is 0 Å². The molecule has 0 radical (unpaired) electrons. The number of nitrogens with zero attached hydrogens (tertiary/aromatic N) is 4. The zero-order valence-corrected chi connectivity index (χ0v) is 15.4. The first-order valence-corrected chi connectivity index (χ1v) is 9.33. The van der Waals surface area contributed by atoms with Gasteiger partial charge in [0.15, 0.2) is 5.65 Å². The lowest BCUT2D eigenvalue weighted by Gasteiger charge is -2.30. The van der Waals surface area contributed by atoms with E-state index < -0.39 is 5.69 Å². The lowest BCUT2D eigenvalue weighted by Crippen LogP contribution is -2.37. The van der Waals surface area contributed by atoms with Crippen LogP contribution in [0.3, 0.4) is 0 Å². The quantitative estimate of drug-likeness (QED) is 0.726. The lowest BCUT2D eigenvalue weighted by atomic mass is 9.96. The van der Waals surface area contributed by atoms with Gasteiger partial charge in [-0.25, -0.2) is 9.78 Å². The molecule has 0 bridgehead atoms. The van der Waals surface area contributed by atoms with Crippen LogP contribution in [0.5, 0.6) is 0 Å². The maximum absolute atomic E-state index is 12.4. The Morgan fingerprint density at radius 1 is 1.23 bits per heavy atom. The fraction of sp³-hybridized carbons (Fsp3) is 0.412. The van der Waals surface area contributed by atoms with E-state index in [-0.39, 0.29) is 17.4 Å². The lowest BCUT2D eigenvalue weighted by molar-refractivity contribution is 0.0716. The van der Waals surface area contributed by atoms with Gasteiger partial charge >= 0.3 is 5.69 Å². The van der Waals surface area contributed by atoms with Crippen molar-refractivity contribution >= 4 is 28.4 Å². The molecular formula is C17H19N5O3S. The van der Waals surface area contributed by atoms with Crippen LogP contribution in [-0.2, 0) is 14.1 Å². The fourth-order valence-electron chi connectivity index (χ4n) is 3.45. The number of imidazole rings is 1. The maximum atomic E-state index is 12.4. The predicted octanol–water partition coefficient (Wildman–Crippen LogP) is 1.04. The summed E-state index contributed by atoms with van der Waals surface area (Å²) >= 11 is 1.45. The molecule has 26 heavy (non-hydrogen) atoms. The number of aromatic nitrogens is 4. The van der Waals surface area contributed by atoms with Crippen LogP contribution in [0.25, 0.3) is 11.2 Å². The zero-order valence-electron chi connectivity index (χ0n) is 14.6. The van der Waals surface area contributed by atoms with E-state index in [1.807, 2.05) is 22.4 Å². The molecule has 1 N–H and O–H groups in total. The van der Waals surface area contributed by atoms with E-state index >= 15 is 0 Å². The number of fused-ring (bicyclic) bond motifs is 1. The van der Waals surface area contributed by atoms with Crippen molar-refractivity contribution in [2.24, 2.45) is 14.1 Å². The van der Waals surface area contributed by atoms with Crippen LogP contribution in [-0.4, -0.2) is 43.0 Å². The molecule has 9 heteroatoms. The van der Waals surface area contributed by atoms with E-state index in [9.17, 15) is 14.4 Å². The van der Waals surface area contributed by atoms with Crippen LogP contribution >= 0.6 is 11.3 Å². The molecule has 0 unspecified atom stereocenters. The van der Waals surface area contributed by atoms with Gasteiger partial charge in [0.05, 0.1) is 4.88 Å². The highest BCUT2D eigenvalue weighted by Crippen LogP contribution is 2.28. The van der Waals surface area contributed by atoms with Crippen LogP contribution in [0.15, 0.2) is 27.1 Å². The third kappa shape index (κ3) is 2.59. The number of likely N-dealkylation sites (tertiary alicyclic amines) is 1. The van der Waals surface area contributed by atoms with Crippen molar-refractivity contribution in [3.8, 4) is 0 Å². The van der Waals surface area contributed by atoms with E-state index in [4.69, 9.17) is 0 Å². The molecule has 0 aliphatic carbocycles. The summed E-state index contributed by atoms with van der Waals surface area (Å²) in [5, 5.41) is 1.90. The van der Waals surface area contributed by atoms with Gasteiger partial charge in [0.1, 0.15) is 11.3 Å². The fourth-order valence-corrected chi connectivity index (χ4v) is 4.14. The Morgan fingerprint density at radius 3 is 2.62 bits per heavy atom. The van der Waals surface area contributed by atoms with Gasteiger partial charge in [0, 0.05) is 33.1 Å². The third-order valence-electron chi connectivity index (χ3n) is 5.01. The van der Waals surface area contributed by atoms with Gasteiger partial charge in [-0.1, -0.05) is 6.07 Å². The summed E-state index contributed by atoms with van der Waals surface area (Å²) in [6.07, 6.45) is 1.54. The van der Waals surface area contributed by atoms with Crippen molar-refractivity contribution in [1.82, 2.24) is 24.0 Å². The average molecular weight is 373 g/mol. The summed E-state index contributed by atoms with van der Waals surface area (Å²) in [5.74, 6) is 0.912. The first-order chi connectivity index (χ1) is 12.5. The number of aryl methyl sites for hydroxylation is 1. The number of H-pyrrole nitrogens is 1. The Kier molecular flexibility index (Phi) is 4.03. The zero-order chi connectivity index (χ0) is 18.4. The Hall–Kier alpha value is -2.68. The molecule has 1 amide bonds.